The van der Waals surface area contributed by atoms with Crippen LogP contribution < -0.4 is 10.1 Å². The fourth-order valence-electron chi connectivity index (χ4n) is 4.07. The lowest BCUT2D eigenvalue weighted by atomic mass is 10.1. The van der Waals surface area contributed by atoms with Gasteiger partial charge in [0.25, 0.3) is 5.91 Å². The number of carbonyl (C=O) groups excluding carboxylic acids is 1. The van der Waals surface area contributed by atoms with E-state index in [1.807, 2.05) is 12.1 Å². The highest BCUT2D eigenvalue weighted by molar-refractivity contribution is 6.08. The van der Waals surface area contributed by atoms with Crippen molar-refractivity contribution >= 4 is 22.6 Å². The summed E-state index contributed by atoms with van der Waals surface area (Å²) >= 11 is 0. The van der Waals surface area contributed by atoms with Crippen LogP contribution in [0.3, 0.4) is 0 Å². The maximum atomic E-state index is 13.0. The Hall–Kier alpha value is -4.20. The number of aromatic amines is 2. The van der Waals surface area contributed by atoms with Crippen molar-refractivity contribution in [3.63, 3.8) is 0 Å². The van der Waals surface area contributed by atoms with Gasteiger partial charge in [-0.25, -0.2) is 4.98 Å². The van der Waals surface area contributed by atoms with E-state index in [4.69, 9.17) is 9.47 Å². The quantitative estimate of drug-likeness (QED) is 0.406. The zero-order valence-corrected chi connectivity index (χ0v) is 18.6. The number of H-pyrrole nitrogens is 2. The summed E-state index contributed by atoms with van der Waals surface area (Å²) in [5.74, 6) is 0.369. The Morgan fingerprint density at radius 1 is 1.29 bits per heavy atom. The molecule has 10 nitrogen and oxygen atoms in total. The summed E-state index contributed by atoms with van der Waals surface area (Å²) in [6, 6.07) is 13.0. The monoisotopic (exact) mass is 457 g/mol. The standard InChI is InChI=1S/C24H23N7O3/c1-33-22-16(12-25)3-2-4-17(22)24(32)29-20-13-26-30-21(20)23-27-18-6-5-15(11-19(18)28-23)14-31-7-9-34-10-8-31/h2-6,11,13H,7-10,14H2,1H3,(H,26,30)(H,27,28)(H,29,32). The highest BCUT2D eigenvalue weighted by Crippen LogP contribution is 2.28. The molecule has 0 aliphatic carbocycles. The molecule has 0 spiro atoms. The molecule has 0 bridgehead atoms. The second kappa shape index (κ2) is 9.35. The molecule has 34 heavy (non-hydrogen) atoms. The number of imidazole rings is 1. The van der Waals surface area contributed by atoms with Crippen molar-refractivity contribution in [3.05, 3.63) is 59.3 Å². The van der Waals surface area contributed by atoms with Gasteiger partial charge in [-0.2, -0.15) is 10.4 Å². The van der Waals surface area contributed by atoms with Crippen LogP contribution in [0, 0.1) is 11.3 Å². The number of methoxy groups -OCH3 is 1. The highest BCUT2D eigenvalue weighted by atomic mass is 16.5. The lowest BCUT2D eigenvalue weighted by molar-refractivity contribution is 0.0342. The number of rotatable bonds is 6. The number of morpholine rings is 1. The largest absolute Gasteiger partial charge is 0.495 e. The van der Waals surface area contributed by atoms with Crippen LogP contribution in [0.1, 0.15) is 21.5 Å². The number of nitrogens with zero attached hydrogens (tertiary/aromatic N) is 4. The zero-order chi connectivity index (χ0) is 23.5. The van der Waals surface area contributed by atoms with Gasteiger partial charge in [0, 0.05) is 19.6 Å². The Morgan fingerprint density at radius 3 is 2.94 bits per heavy atom. The van der Waals surface area contributed by atoms with Gasteiger partial charge in [-0.15, -0.1) is 0 Å². The van der Waals surface area contributed by atoms with Gasteiger partial charge in [-0.1, -0.05) is 12.1 Å². The molecule has 172 valence electrons. The molecule has 2 aromatic heterocycles. The molecule has 2 aromatic carbocycles. The van der Waals surface area contributed by atoms with Crippen molar-refractivity contribution in [2.45, 2.75) is 6.54 Å². The summed E-state index contributed by atoms with van der Waals surface area (Å²) in [5, 5.41) is 19.1. The van der Waals surface area contributed by atoms with E-state index < -0.39 is 5.91 Å². The van der Waals surface area contributed by atoms with Gasteiger partial charge < -0.3 is 19.8 Å². The number of hydrogen-bond donors (Lipinski definition) is 3. The van der Waals surface area contributed by atoms with Gasteiger partial charge in [-0.3, -0.25) is 14.8 Å². The first kappa shape index (κ1) is 21.6. The van der Waals surface area contributed by atoms with Gasteiger partial charge in [0.2, 0.25) is 0 Å². The van der Waals surface area contributed by atoms with Gasteiger partial charge in [-0.05, 0) is 29.8 Å². The van der Waals surface area contributed by atoms with Gasteiger partial charge in [0.05, 0.1) is 54.4 Å². The molecule has 0 saturated carbocycles. The minimum Gasteiger partial charge on any atom is -0.495 e. The van der Waals surface area contributed by atoms with E-state index in [1.54, 1.807) is 18.2 Å². The smallest absolute Gasteiger partial charge is 0.259 e. The van der Waals surface area contributed by atoms with E-state index in [9.17, 15) is 10.1 Å². The summed E-state index contributed by atoms with van der Waals surface area (Å²) in [7, 11) is 1.43. The second-order valence-corrected chi connectivity index (χ2v) is 7.94. The van der Waals surface area contributed by atoms with Crippen molar-refractivity contribution in [1.29, 1.82) is 5.26 Å². The number of nitriles is 1. The number of nitrogens with one attached hydrogen (secondary N) is 3. The summed E-state index contributed by atoms with van der Waals surface area (Å²) < 4.78 is 10.7. The number of anilines is 1. The third-order valence-corrected chi connectivity index (χ3v) is 5.76. The molecule has 1 aliphatic rings. The molecule has 3 N–H and O–H groups in total. The molecule has 1 aliphatic heterocycles. The van der Waals surface area contributed by atoms with Crippen molar-refractivity contribution in [2.24, 2.45) is 0 Å². The van der Waals surface area contributed by atoms with Crippen molar-refractivity contribution < 1.29 is 14.3 Å². The highest BCUT2D eigenvalue weighted by Gasteiger charge is 2.20. The van der Waals surface area contributed by atoms with Crippen molar-refractivity contribution in [1.82, 2.24) is 25.1 Å². The lowest BCUT2D eigenvalue weighted by Crippen LogP contribution is -2.35. The Bertz CT molecular complexity index is 1380. The first-order valence-corrected chi connectivity index (χ1v) is 10.9. The minimum absolute atomic E-state index is 0.226. The van der Waals surface area contributed by atoms with Crippen molar-refractivity contribution in [2.75, 3.05) is 38.7 Å². The van der Waals surface area contributed by atoms with E-state index in [0.29, 0.717) is 17.2 Å². The van der Waals surface area contributed by atoms with E-state index >= 15 is 0 Å². The average molecular weight is 457 g/mol. The van der Waals surface area contributed by atoms with E-state index in [1.165, 1.54) is 18.9 Å². The molecular formula is C24H23N7O3. The van der Waals surface area contributed by atoms with Crippen LogP contribution in [-0.2, 0) is 11.3 Å². The number of aromatic nitrogens is 4. The maximum Gasteiger partial charge on any atom is 0.259 e. The van der Waals surface area contributed by atoms with Gasteiger partial charge >= 0.3 is 0 Å². The number of carbonyl (C=O) groups is 1. The summed E-state index contributed by atoms with van der Waals surface area (Å²) in [6.45, 7) is 4.22. The predicted molar refractivity (Wildman–Crippen MR) is 125 cm³/mol. The van der Waals surface area contributed by atoms with E-state index in [2.05, 4.69) is 42.5 Å². The molecule has 10 heteroatoms. The Kier molecular flexibility index (Phi) is 5.95. The van der Waals surface area contributed by atoms with Gasteiger partial charge in [0.15, 0.2) is 5.82 Å². The molecule has 5 rings (SSSR count). The van der Waals surface area contributed by atoms with Crippen LogP contribution >= 0.6 is 0 Å². The van der Waals surface area contributed by atoms with Crippen LogP contribution in [0.2, 0.25) is 0 Å². The Morgan fingerprint density at radius 2 is 2.15 bits per heavy atom. The molecule has 0 radical (unpaired) electrons. The summed E-state index contributed by atoms with van der Waals surface area (Å²) in [4.78, 5) is 23.3. The molecule has 1 saturated heterocycles. The number of ether oxygens (including phenoxy) is 2. The van der Waals surface area contributed by atoms with Crippen molar-refractivity contribution in [3.8, 4) is 23.3 Å². The summed E-state index contributed by atoms with van der Waals surface area (Å²) in [5.41, 5.74) is 4.45. The van der Waals surface area contributed by atoms with Crippen LogP contribution in [0.15, 0.2) is 42.6 Å². The first-order valence-electron chi connectivity index (χ1n) is 10.9. The van der Waals surface area contributed by atoms with Crippen LogP contribution in [-0.4, -0.2) is 64.4 Å². The fraction of sp³-hybridized carbons (Fsp3) is 0.250. The minimum atomic E-state index is -0.416. The number of para-hydroxylation sites is 1. The molecule has 1 amide bonds. The lowest BCUT2D eigenvalue weighted by Gasteiger charge is -2.26. The topological polar surface area (TPSA) is 132 Å². The first-order chi connectivity index (χ1) is 16.7. The molecule has 0 atom stereocenters. The molecule has 4 aromatic rings. The van der Waals surface area contributed by atoms with E-state index in [-0.39, 0.29) is 16.9 Å². The average Bonchev–Trinajstić information content (AvgIpc) is 3.50. The Balaban J connectivity index is 1.39. The zero-order valence-electron chi connectivity index (χ0n) is 18.6. The number of hydrogen-bond acceptors (Lipinski definition) is 7. The van der Waals surface area contributed by atoms with Crippen LogP contribution in [0.4, 0.5) is 5.69 Å². The third kappa shape index (κ3) is 4.22. The molecule has 0 unspecified atom stereocenters. The number of benzene rings is 2. The summed E-state index contributed by atoms with van der Waals surface area (Å²) in [6.07, 6.45) is 1.52. The van der Waals surface area contributed by atoms with Gasteiger partial charge in [0.1, 0.15) is 17.5 Å². The number of fused-ring (bicyclic) bond motifs is 1. The second-order valence-electron chi connectivity index (χ2n) is 7.94. The van der Waals surface area contributed by atoms with Crippen LogP contribution in [0.5, 0.6) is 5.75 Å². The third-order valence-electron chi connectivity index (χ3n) is 5.76. The van der Waals surface area contributed by atoms with Crippen LogP contribution in [0.25, 0.3) is 22.6 Å². The number of amides is 1. The normalized spacial score (nSPS) is 14.1. The Labute approximate surface area is 195 Å². The molecular weight excluding hydrogens is 434 g/mol. The van der Waals surface area contributed by atoms with E-state index in [0.717, 1.165) is 43.9 Å². The fourth-order valence-corrected chi connectivity index (χ4v) is 4.07. The SMILES string of the molecule is COc1c(C#N)cccc1C(=O)Nc1cn[nH]c1-c1nc2ccc(CN3CCOCC3)cc2[nH]1. The predicted octanol–water partition coefficient (Wildman–Crippen LogP) is 2.92. The maximum absolute atomic E-state index is 13.0. The molecule has 1 fully saturated rings. The molecule has 3 heterocycles.